The molecular formula is C15H24N2O2. The van der Waals surface area contributed by atoms with Crippen molar-refractivity contribution in [1.82, 2.24) is 5.32 Å². The van der Waals surface area contributed by atoms with Gasteiger partial charge in [0.05, 0.1) is 12.0 Å². The van der Waals surface area contributed by atoms with Crippen LogP contribution in [-0.4, -0.2) is 19.1 Å². The zero-order valence-corrected chi connectivity index (χ0v) is 12.2. The van der Waals surface area contributed by atoms with Gasteiger partial charge in [0.2, 0.25) is 5.91 Å². The second kappa shape index (κ2) is 6.57. The molecule has 0 bridgehead atoms. The fourth-order valence-electron chi connectivity index (χ4n) is 1.73. The van der Waals surface area contributed by atoms with Crippen LogP contribution in [0.25, 0.3) is 0 Å². The topological polar surface area (TPSA) is 64.3 Å². The maximum atomic E-state index is 11.3. The highest BCUT2D eigenvalue weighted by atomic mass is 16.5. The molecule has 1 aromatic rings. The third-order valence-electron chi connectivity index (χ3n) is 3.20. The smallest absolute Gasteiger partial charge is 0.224 e. The van der Waals surface area contributed by atoms with Crippen LogP contribution in [0.3, 0.4) is 0 Å². The first-order valence-corrected chi connectivity index (χ1v) is 6.63. The van der Waals surface area contributed by atoms with Crippen LogP contribution in [0.2, 0.25) is 0 Å². The van der Waals surface area contributed by atoms with Crippen LogP contribution < -0.4 is 15.8 Å². The van der Waals surface area contributed by atoms with Gasteiger partial charge in [-0.3, -0.25) is 4.79 Å². The number of nitrogens with one attached hydrogen (secondary N) is 1. The Labute approximate surface area is 115 Å². The van der Waals surface area contributed by atoms with Crippen LogP contribution in [0.1, 0.15) is 39.3 Å². The quantitative estimate of drug-likeness (QED) is 0.794. The Morgan fingerprint density at radius 2 is 2.05 bits per heavy atom. The average molecular weight is 264 g/mol. The number of ether oxygens (including phenoxy) is 1. The molecule has 1 atom stereocenters. The summed E-state index contributed by atoms with van der Waals surface area (Å²) >= 11 is 0. The molecule has 0 radical (unpaired) electrons. The Balaban J connectivity index is 2.73. The van der Waals surface area contributed by atoms with Crippen LogP contribution in [-0.2, 0) is 4.79 Å². The van der Waals surface area contributed by atoms with E-state index < -0.39 is 5.41 Å². The Kier molecular flexibility index (Phi) is 5.36. The summed E-state index contributed by atoms with van der Waals surface area (Å²) in [5.74, 6) is 0.576. The van der Waals surface area contributed by atoms with E-state index in [1.54, 1.807) is 0 Å². The standard InChI is InChI=1S/C15H24N2O2/c1-5-19-13-9-7-6-8-12(13)11(2)17-10-15(3,4)14(16)18/h6-9,11,17H,5,10H2,1-4H3,(H2,16,18). The third kappa shape index (κ3) is 4.24. The summed E-state index contributed by atoms with van der Waals surface area (Å²) in [6.45, 7) is 8.85. The molecule has 0 aliphatic heterocycles. The van der Waals surface area contributed by atoms with Crippen molar-refractivity contribution in [2.45, 2.75) is 33.7 Å². The normalized spacial score (nSPS) is 13.1. The van der Waals surface area contributed by atoms with Gasteiger partial charge in [-0.25, -0.2) is 0 Å². The van der Waals surface area contributed by atoms with Gasteiger partial charge in [-0.05, 0) is 33.8 Å². The van der Waals surface area contributed by atoms with Crippen LogP contribution in [0.15, 0.2) is 24.3 Å². The molecule has 4 heteroatoms. The van der Waals surface area contributed by atoms with Crippen molar-refractivity contribution < 1.29 is 9.53 Å². The maximum Gasteiger partial charge on any atom is 0.224 e. The molecule has 4 nitrogen and oxygen atoms in total. The minimum absolute atomic E-state index is 0.0985. The van der Waals surface area contributed by atoms with E-state index in [4.69, 9.17) is 10.5 Å². The van der Waals surface area contributed by atoms with Gasteiger partial charge in [0.15, 0.2) is 0 Å². The van der Waals surface area contributed by atoms with Gasteiger partial charge in [0.1, 0.15) is 5.75 Å². The molecule has 0 aliphatic carbocycles. The summed E-state index contributed by atoms with van der Waals surface area (Å²) in [4.78, 5) is 11.3. The van der Waals surface area contributed by atoms with Gasteiger partial charge in [0.25, 0.3) is 0 Å². The maximum absolute atomic E-state index is 11.3. The lowest BCUT2D eigenvalue weighted by Gasteiger charge is -2.25. The molecule has 106 valence electrons. The molecule has 0 fully saturated rings. The molecule has 0 heterocycles. The SMILES string of the molecule is CCOc1ccccc1C(C)NCC(C)(C)C(N)=O. The number of hydrogen-bond acceptors (Lipinski definition) is 3. The fourth-order valence-corrected chi connectivity index (χ4v) is 1.73. The molecule has 3 N–H and O–H groups in total. The molecule has 0 saturated heterocycles. The van der Waals surface area contributed by atoms with E-state index in [9.17, 15) is 4.79 Å². The Morgan fingerprint density at radius 3 is 2.63 bits per heavy atom. The molecule has 1 rings (SSSR count). The lowest BCUT2D eigenvalue weighted by atomic mass is 9.92. The number of carbonyl (C=O) groups is 1. The average Bonchev–Trinajstić information content (AvgIpc) is 2.37. The third-order valence-corrected chi connectivity index (χ3v) is 3.20. The van der Waals surface area contributed by atoms with Gasteiger partial charge in [-0.15, -0.1) is 0 Å². The van der Waals surface area contributed by atoms with Crippen molar-refractivity contribution in [3.05, 3.63) is 29.8 Å². The Morgan fingerprint density at radius 1 is 1.42 bits per heavy atom. The number of benzene rings is 1. The number of primary amides is 1. The number of hydrogen-bond donors (Lipinski definition) is 2. The second-order valence-electron chi connectivity index (χ2n) is 5.32. The van der Waals surface area contributed by atoms with Crippen molar-refractivity contribution >= 4 is 5.91 Å². The van der Waals surface area contributed by atoms with Crippen molar-refractivity contribution in [3.8, 4) is 5.75 Å². The van der Waals surface area contributed by atoms with Crippen LogP contribution in [0.4, 0.5) is 0 Å². The monoisotopic (exact) mass is 264 g/mol. The van der Waals surface area contributed by atoms with E-state index in [1.807, 2.05) is 45.0 Å². The lowest BCUT2D eigenvalue weighted by molar-refractivity contribution is -0.125. The summed E-state index contributed by atoms with van der Waals surface area (Å²) in [5, 5.41) is 3.34. The highest BCUT2D eigenvalue weighted by Crippen LogP contribution is 2.25. The molecular weight excluding hydrogens is 240 g/mol. The molecule has 0 saturated carbocycles. The summed E-state index contributed by atoms with van der Waals surface area (Å²) in [5.41, 5.74) is 5.90. The molecule has 1 unspecified atom stereocenters. The largest absolute Gasteiger partial charge is 0.494 e. The second-order valence-corrected chi connectivity index (χ2v) is 5.32. The first-order chi connectivity index (χ1) is 8.88. The van der Waals surface area contributed by atoms with E-state index in [0.29, 0.717) is 13.2 Å². The minimum atomic E-state index is -0.561. The Hall–Kier alpha value is -1.55. The van der Waals surface area contributed by atoms with Gasteiger partial charge < -0.3 is 15.8 Å². The highest BCUT2D eigenvalue weighted by Gasteiger charge is 2.25. The fraction of sp³-hybridized carbons (Fsp3) is 0.533. The molecule has 0 aliphatic rings. The zero-order valence-electron chi connectivity index (χ0n) is 12.2. The number of nitrogens with two attached hydrogens (primary N) is 1. The predicted molar refractivity (Wildman–Crippen MR) is 77.0 cm³/mol. The van der Waals surface area contributed by atoms with Crippen molar-refractivity contribution in [1.29, 1.82) is 0 Å². The van der Waals surface area contributed by atoms with E-state index in [-0.39, 0.29) is 11.9 Å². The van der Waals surface area contributed by atoms with E-state index in [1.165, 1.54) is 0 Å². The number of carbonyl (C=O) groups excluding carboxylic acids is 1. The van der Waals surface area contributed by atoms with Gasteiger partial charge >= 0.3 is 0 Å². The first kappa shape index (κ1) is 15.5. The van der Waals surface area contributed by atoms with Crippen molar-refractivity contribution in [2.75, 3.05) is 13.2 Å². The first-order valence-electron chi connectivity index (χ1n) is 6.63. The molecule has 1 amide bonds. The van der Waals surface area contributed by atoms with E-state index in [0.717, 1.165) is 11.3 Å². The summed E-state index contributed by atoms with van der Waals surface area (Å²) in [7, 11) is 0. The molecule has 19 heavy (non-hydrogen) atoms. The van der Waals surface area contributed by atoms with Gasteiger partial charge in [-0.1, -0.05) is 18.2 Å². The summed E-state index contributed by atoms with van der Waals surface area (Å²) in [6.07, 6.45) is 0. The summed E-state index contributed by atoms with van der Waals surface area (Å²) < 4.78 is 5.61. The highest BCUT2D eigenvalue weighted by molar-refractivity contribution is 5.80. The predicted octanol–water partition coefficient (Wildman–Crippen LogP) is 2.25. The zero-order chi connectivity index (χ0) is 14.5. The van der Waals surface area contributed by atoms with Gasteiger partial charge in [-0.2, -0.15) is 0 Å². The molecule has 0 aromatic heterocycles. The van der Waals surface area contributed by atoms with Crippen molar-refractivity contribution in [2.24, 2.45) is 11.1 Å². The van der Waals surface area contributed by atoms with Gasteiger partial charge in [0, 0.05) is 18.2 Å². The molecule has 0 spiro atoms. The van der Waals surface area contributed by atoms with E-state index in [2.05, 4.69) is 12.2 Å². The number of para-hydroxylation sites is 1. The van der Waals surface area contributed by atoms with Crippen molar-refractivity contribution in [3.63, 3.8) is 0 Å². The van der Waals surface area contributed by atoms with E-state index >= 15 is 0 Å². The minimum Gasteiger partial charge on any atom is -0.494 e. The molecule has 1 aromatic carbocycles. The van der Waals surface area contributed by atoms with Crippen LogP contribution in [0.5, 0.6) is 5.75 Å². The Bertz CT molecular complexity index is 430. The van der Waals surface area contributed by atoms with Crippen LogP contribution in [0, 0.1) is 5.41 Å². The number of rotatable bonds is 7. The van der Waals surface area contributed by atoms with Crippen LogP contribution >= 0.6 is 0 Å². The summed E-state index contributed by atoms with van der Waals surface area (Å²) in [6, 6.07) is 8.02. The number of amides is 1. The lowest BCUT2D eigenvalue weighted by Crippen LogP contribution is -2.41.